The topological polar surface area (TPSA) is 43.8 Å². The Hall–Kier alpha value is -1.65. The molecule has 0 spiro atoms. The summed E-state index contributed by atoms with van der Waals surface area (Å²) in [7, 11) is 0. The van der Waals surface area contributed by atoms with Gasteiger partial charge in [0.05, 0.1) is 5.52 Å². The number of anilines is 1. The van der Waals surface area contributed by atoms with Gasteiger partial charge in [-0.15, -0.1) is 0 Å². The van der Waals surface area contributed by atoms with Gasteiger partial charge in [0.1, 0.15) is 11.3 Å². The lowest BCUT2D eigenvalue weighted by atomic mass is 9.81. The maximum Gasteiger partial charge on any atom is 0.201 e. The second-order valence-corrected chi connectivity index (χ2v) is 7.11. The fourth-order valence-electron chi connectivity index (χ4n) is 3.13. The fraction of sp³-hybridized carbons (Fsp3) is 0.533. The van der Waals surface area contributed by atoms with Gasteiger partial charge in [-0.3, -0.25) is 0 Å². The molecule has 0 aliphatic heterocycles. The summed E-state index contributed by atoms with van der Waals surface area (Å²) in [5.74, 6) is -1.10. The molecule has 0 amide bonds. The van der Waals surface area contributed by atoms with Gasteiger partial charge in [0, 0.05) is 17.7 Å². The lowest BCUT2D eigenvalue weighted by molar-refractivity contribution is 0.222. The van der Waals surface area contributed by atoms with Gasteiger partial charge in [0.2, 0.25) is 5.95 Å². The number of hydrogen-bond acceptors (Lipinski definition) is 2. The van der Waals surface area contributed by atoms with E-state index in [1.165, 1.54) is 6.07 Å². The number of benzene rings is 1. The van der Waals surface area contributed by atoms with Crippen molar-refractivity contribution < 1.29 is 8.78 Å². The quantitative estimate of drug-likeness (QED) is 0.901. The molecule has 1 aromatic carbocycles. The standard InChI is InChI=1S/C15H21F2N3/c1-14(2,3)8-15(4,5)20-11-7-9(16)6-10(17)12(11)19-13(20)18/h6-7H,8H2,1-5H3,(H2,18,19). The average molecular weight is 281 g/mol. The summed E-state index contributed by atoms with van der Waals surface area (Å²) in [6.45, 7) is 10.3. The van der Waals surface area contributed by atoms with E-state index in [0.29, 0.717) is 5.52 Å². The van der Waals surface area contributed by atoms with Crippen molar-refractivity contribution in [1.29, 1.82) is 0 Å². The van der Waals surface area contributed by atoms with E-state index >= 15 is 0 Å². The minimum Gasteiger partial charge on any atom is -0.369 e. The van der Waals surface area contributed by atoms with E-state index in [1.807, 2.05) is 13.8 Å². The Kier molecular flexibility index (Phi) is 3.27. The highest BCUT2D eigenvalue weighted by Crippen LogP contribution is 2.36. The number of fused-ring (bicyclic) bond motifs is 1. The molecule has 110 valence electrons. The molecule has 0 aliphatic rings. The zero-order valence-corrected chi connectivity index (χ0v) is 12.6. The third kappa shape index (κ3) is 2.62. The Morgan fingerprint density at radius 1 is 1.15 bits per heavy atom. The second-order valence-electron chi connectivity index (χ2n) is 7.11. The van der Waals surface area contributed by atoms with Gasteiger partial charge in [0.15, 0.2) is 5.82 Å². The van der Waals surface area contributed by atoms with Crippen LogP contribution >= 0.6 is 0 Å². The van der Waals surface area contributed by atoms with E-state index in [2.05, 4.69) is 25.8 Å². The molecule has 0 saturated carbocycles. The molecule has 2 aromatic rings. The molecule has 0 bridgehead atoms. The molecular formula is C15H21F2N3. The van der Waals surface area contributed by atoms with Crippen LogP contribution < -0.4 is 5.73 Å². The Morgan fingerprint density at radius 3 is 2.30 bits per heavy atom. The summed E-state index contributed by atoms with van der Waals surface area (Å²) in [6, 6.07) is 2.11. The predicted octanol–water partition coefficient (Wildman–Crippen LogP) is 4.07. The van der Waals surface area contributed by atoms with Crippen LogP contribution in [0.2, 0.25) is 0 Å². The fourth-order valence-corrected chi connectivity index (χ4v) is 3.13. The van der Waals surface area contributed by atoms with E-state index in [0.717, 1.165) is 12.5 Å². The first-order valence-corrected chi connectivity index (χ1v) is 6.65. The summed E-state index contributed by atoms with van der Waals surface area (Å²) < 4.78 is 29.0. The molecule has 1 heterocycles. The smallest absolute Gasteiger partial charge is 0.201 e. The molecule has 2 rings (SSSR count). The first-order chi connectivity index (χ1) is 9.01. The highest BCUT2D eigenvalue weighted by Gasteiger charge is 2.31. The number of hydrogen-bond donors (Lipinski definition) is 1. The van der Waals surface area contributed by atoms with Gasteiger partial charge in [-0.2, -0.15) is 0 Å². The van der Waals surface area contributed by atoms with Crippen molar-refractivity contribution in [3.8, 4) is 0 Å². The Bertz CT molecular complexity index is 651. The largest absolute Gasteiger partial charge is 0.369 e. The normalized spacial score (nSPS) is 13.2. The number of aromatic nitrogens is 2. The molecule has 20 heavy (non-hydrogen) atoms. The van der Waals surface area contributed by atoms with Crippen LogP contribution in [-0.4, -0.2) is 9.55 Å². The second kappa shape index (κ2) is 4.43. The zero-order valence-electron chi connectivity index (χ0n) is 12.6. The van der Waals surface area contributed by atoms with E-state index in [-0.39, 0.29) is 16.9 Å². The molecule has 0 atom stereocenters. The third-order valence-electron chi connectivity index (χ3n) is 3.27. The van der Waals surface area contributed by atoms with E-state index < -0.39 is 17.2 Å². The molecule has 0 saturated heterocycles. The number of nitrogen functional groups attached to an aromatic ring is 1. The van der Waals surface area contributed by atoms with Crippen LogP contribution in [0.15, 0.2) is 12.1 Å². The van der Waals surface area contributed by atoms with Crippen molar-refractivity contribution in [2.24, 2.45) is 5.41 Å². The molecule has 0 aliphatic carbocycles. The molecular weight excluding hydrogens is 260 g/mol. The van der Waals surface area contributed by atoms with Crippen LogP contribution in [0.4, 0.5) is 14.7 Å². The molecule has 0 radical (unpaired) electrons. The van der Waals surface area contributed by atoms with E-state index in [1.54, 1.807) is 4.57 Å². The average Bonchev–Trinajstić information content (AvgIpc) is 2.51. The van der Waals surface area contributed by atoms with E-state index in [4.69, 9.17) is 5.73 Å². The maximum absolute atomic E-state index is 13.8. The Morgan fingerprint density at radius 2 is 1.75 bits per heavy atom. The van der Waals surface area contributed by atoms with Crippen molar-refractivity contribution in [2.45, 2.75) is 46.6 Å². The van der Waals surface area contributed by atoms with Crippen molar-refractivity contribution in [1.82, 2.24) is 9.55 Å². The van der Waals surface area contributed by atoms with Crippen LogP contribution in [0.1, 0.15) is 41.0 Å². The lowest BCUT2D eigenvalue weighted by Gasteiger charge is -2.34. The first-order valence-electron chi connectivity index (χ1n) is 6.65. The minimum absolute atomic E-state index is 0.0540. The summed E-state index contributed by atoms with van der Waals surface area (Å²) in [5, 5.41) is 0. The monoisotopic (exact) mass is 281 g/mol. The summed E-state index contributed by atoms with van der Waals surface area (Å²) in [6.07, 6.45) is 0.799. The zero-order chi connectivity index (χ0) is 15.3. The maximum atomic E-state index is 13.8. The number of nitrogens with two attached hydrogens (primary N) is 1. The summed E-state index contributed by atoms with van der Waals surface area (Å²) >= 11 is 0. The minimum atomic E-state index is -0.683. The lowest BCUT2D eigenvalue weighted by Crippen LogP contribution is -2.32. The molecule has 1 aromatic heterocycles. The third-order valence-corrected chi connectivity index (χ3v) is 3.27. The number of halogens is 2. The molecule has 3 nitrogen and oxygen atoms in total. The Balaban J connectivity index is 2.68. The van der Waals surface area contributed by atoms with Gasteiger partial charge < -0.3 is 10.3 Å². The summed E-state index contributed by atoms with van der Waals surface area (Å²) in [5.41, 5.74) is 6.12. The van der Waals surface area contributed by atoms with E-state index in [9.17, 15) is 8.78 Å². The molecule has 2 N–H and O–H groups in total. The molecule has 0 fully saturated rings. The number of nitrogens with zero attached hydrogens (tertiary/aromatic N) is 2. The Labute approximate surface area is 117 Å². The van der Waals surface area contributed by atoms with Crippen molar-refractivity contribution in [3.63, 3.8) is 0 Å². The van der Waals surface area contributed by atoms with Gasteiger partial charge in [0.25, 0.3) is 0 Å². The summed E-state index contributed by atoms with van der Waals surface area (Å²) in [4.78, 5) is 4.05. The van der Waals surface area contributed by atoms with Crippen LogP contribution in [0.25, 0.3) is 11.0 Å². The van der Waals surface area contributed by atoms with Gasteiger partial charge >= 0.3 is 0 Å². The van der Waals surface area contributed by atoms with Gasteiger partial charge in [-0.25, -0.2) is 13.8 Å². The van der Waals surface area contributed by atoms with Gasteiger partial charge in [-0.1, -0.05) is 20.8 Å². The highest BCUT2D eigenvalue weighted by atomic mass is 19.1. The van der Waals surface area contributed by atoms with Crippen LogP contribution in [0.3, 0.4) is 0 Å². The number of rotatable bonds is 2. The van der Waals surface area contributed by atoms with Crippen LogP contribution in [-0.2, 0) is 5.54 Å². The first kappa shape index (κ1) is 14.8. The van der Waals surface area contributed by atoms with Crippen molar-refractivity contribution in [3.05, 3.63) is 23.8 Å². The van der Waals surface area contributed by atoms with Crippen molar-refractivity contribution >= 4 is 17.0 Å². The van der Waals surface area contributed by atoms with Crippen LogP contribution in [0, 0.1) is 17.0 Å². The predicted molar refractivity (Wildman–Crippen MR) is 77.5 cm³/mol. The molecule has 0 unspecified atom stereocenters. The highest BCUT2D eigenvalue weighted by molar-refractivity contribution is 5.79. The molecule has 5 heteroatoms. The van der Waals surface area contributed by atoms with Crippen LogP contribution in [0.5, 0.6) is 0 Å². The number of imidazole rings is 1. The van der Waals surface area contributed by atoms with Crippen molar-refractivity contribution in [2.75, 3.05) is 5.73 Å². The SMILES string of the molecule is CC(C)(C)CC(C)(C)n1c(N)nc2c(F)cc(F)cc21. The van der Waals surface area contributed by atoms with Gasteiger partial charge in [-0.05, 0) is 25.7 Å².